The number of rotatable bonds is 2. The molecule has 0 amide bonds. The summed E-state index contributed by atoms with van der Waals surface area (Å²) in [5.74, 6) is 1.55. The highest BCUT2D eigenvalue weighted by atomic mass is 16.5. The Bertz CT molecular complexity index is 260. The van der Waals surface area contributed by atoms with Crippen molar-refractivity contribution in [1.29, 1.82) is 0 Å². The van der Waals surface area contributed by atoms with Crippen LogP contribution in [-0.4, -0.2) is 17.3 Å². The van der Waals surface area contributed by atoms with Gasteiger partial charge in [0.1, 0.15) is 0 Å². The molecule has 92 valence electrons. The molecule has 0 spiro atoms. The van der Waals surface area contributed by atoms with E-state index >= 15 is 0 Å². The van der Waals surface area contributed by atoms with Crippen molar-refractivity contribution in [3.8, 4) is 0 Å². The van der Waals surface area contributed by atoms with E-state index in [1.54, 1.807) is 0 Å². The fourth-order valence-corrected chi connectivity index (χ4v) is 3.01. The van der Waals surface area contributed by atoms with E-state index in [1.165, 1.54) is 0 Å². The number of hydrogen-bond donors (Lipinski definition) is 1. The third kappa shape index (κ3) is 2.42. The summed E-state index contributed by atoms with van der Waals surface area (Å²) in [5.41, 5.74) is 0.590. The first-order valence-electron chi connectivity index (χ1n) is 6.65. The van der Waals surface area contributed by atoms with Crippen molar-refractivity contribution >= 4 is 0 Å². The molecule has 2 nitrogen and oxygen atoms in total. The highest BCUT2D eigenvalue weighted by Crippen LogP contribution is 2.41. The average Bonchev–Trinajstić information content (AvgIpc) is 2.31. The van der Waals surface area contributed by atoms with Gasteiger partial charge in [-0.1, -0.05) is 13.8 Å². The minimum absolute atomic E-state index is 0.550. The predicted molar refractivity (Wildman–Crippen MR) is 65.0 cm³/mol. The highest BCUT2D eigenvalue weighted by molar-refractivity contribution is 5.17. The normalized spacial score (nSPS) is 35.8. The van der Waals surface area contributed by atoms with Crippen LogP contribution in [0.3, 0.4) is 0 Å². The first kappa shape index (κ1) is 12.0. The fraction of sp³-hybridized carbons (Fsp3) is 0.857. The Morgan fingerprint density at radius 2 is 2.06 bits per heavy atom. The maximum Gasteiger partial charge on any atom is 0.0889 e. The van der Waals surface area contributed by atoms with Gasteiger partial charge < -0.3 is 9.84 Å². The molecule has 0 bridgehead atoms. The van der Waals surface area contributed by atoms with Crippen LogP contribution in [0.2, 0.25) is 0 Å². The fourth-order valence-electron chi connectivity index (χ4n) is 3.01. The van der Waals surface area contributed by atoms with E-state index < -0.39 is 5.60 Å². The Hall–Kier alpha value is -0.500. The van der Waals surface area contributed by atoms with Gasteiger partial charge in [-0.2, -0.15) is 0 Å². The summed E-state index contributed by atoms with van der Waals surface area (Å²) in [4.78, 5) is 0. The van der Waals surface area contributed by atoms with E-state index in [1.807, 2.05) is 6.26 Å². The molecule has 1 N–H and O–H groups in total. The van der Waals surface area contributed by atoms with Gasteiger partial charge in [-0.05, 0) is 55.9 Å². The number of aliphatic hydroxyl groups is 1. The topological polar surface area (TPSA) is 29.5 Å². The summed E-state index contributed by atoms with van der Waals surface area (Å²) in [6.07, 6.45) is 8.05. The first-order chi connectivity index (χ1) is 7.62. The molecule has 16 heavy (non-hydrogen) atoms. The van der Waals surface area contributed by atoms with Crippen LogP contribution in [0.1, 0.15) is 52.4 Å². The van der Waals surface area contributed by atoms with E-state index in [0.29, 0.717) is 0 Å². The van der Waals surface area contributed by atoms with Crippen LogP contribution >= 0.6 is 0 Å². The Labute approximate surface area is 98.7 Å². The number of hydrogen-bond acceptors (Lipinski definition) is 2. The molecule has 2 heteroatoms. The van der Waals surface area contributed by atoms with Gasteiger partial charge >= 0.3 is 0 Å². The molecule has 0 aromatic rings. The summed E-state index contributed by atoms with van der Waals surface area (Å²) in [7, 11) is 0. The molecule has 0 aromatic carbocycles. The van der Waals surface area contributed by atoms with E-state index in [4.69, 9.17) is 4.74 Å². The predicted octanol–water partition coefficient (Wildman–Crippen LogP) is 3.26. The van der Waals surface area contributed by atoms with Gasteiger partial charge in [0.25, 0.3) is 0 Å². The van der Waals surface area contributed by atoms with Crippen molar-refractivity contribution in [3.63, 3.8) is 0 Å². The summed E-state index contributed by atoms with van der Waals surface area (Å²) >= 11 is 0. The molecule has 1 heterocycles. The lowest BCUT2D eigenvalue weighted by Crippen LogP contribution is -2.38. The van der Waals surface area contributed by atoms with Crippen molar-refractivity contribution in [1.82, 2.24) is 0 Å². The monoisotopic (exact) mass is 224 g/mol. The van der Waals surface area contributed by atoms with Crippen LogP contribution < -0.4 is 0 Å². The van der Waals surface area contributed by atoms with E-state index in [9.17, 15) is 5.11 Å². The second-order valence-corrected chi connectivity index (χ2v) is 5.73. The van der Waals surface area contributed by atoms with E-state index in [0.717, 1.165) is 62.5 Å². The molecule has 1 aliphatic heterocycles. The molecule has 0 unspecified atom stereocenters. The van der Waals surface area contributed by atoms with Gasteiger partial charge in [0.05, 0.1) is 18.5 Å². The van der Waals surface area contributed by atoms with Crippen LogP contribution in [0.15, 0.2) is 11.8 Å². The third-order valence-corrected chi connectivity index (χ3v) is 4.33. The molecular formula is C14H24O2. The van der Waals surface area contributed by atoms with Crippen LogP contribution in [0.5, 0.6) is 0 Å². The molecule has 2 rings (SSSR count). The van der Waals surface area contributed by atoms with Gasteiger partial charge in [-0.3, -0.25) is 0 Å². The van der Waals surface area contributed by atoms with Crippen LogP contribution in [0, 0.1) is 11.8 Å². The maximum absolute atomic E-state index is 10.6. The molecular weight excluding hydrogens is 200 g/mol. The molecule has 0 saturated heterocycles. The smallest absolute Gasteiger partial charge is 0.0889 e. The van der Waals surface area contributed by atoms with Gasteiger partial charge in [0, 0.05) is 0 Å². The van der Waals surface area contributed by atoms with E-state index in [-0.39, 0.29) is 0 Å². The van der Waals surface area contributed by atoms with Gasteiger partial charge in [-0.15, -0.1) is 0 Å². The minimum Gasteiger partial charge on any atom is -0.501 e. The zero-order chi connectivity index (χ0) is 11.6. The molecule has 1 saturated carbocycles. The average molecular weight is 224 g/mol. The Balaban J connectivity index is 1.97. The molecule has 0 atom stereocenters. The Morgan fingerprint density at radius 1 is 1.38 bits per heavy atom. The van der Waals surface area contributed by atoms with Crippen LogP contribution in [-0.2, 0) is 4.74 Å². The zero-order valence-electron chi connectivity index (χ0n) is 10.5. The van der Waals surface area contributed by atoms with Crippen LogP contribution in [0.4, 0.5) is 0 Å². The Morgan fingerprint density at radius 3 is 2.56 bits per heavy atom. The van der Waals surface area contributed by atoms with Gasteiger partial charge in [0.15, 0.2) is 0 Å². The lowest BCUT2D eigenvalue weighted by Gasteiger charge is -2.39. The van der Waals surface area contributed by atoms with Crippen LogP contribution in [0.25, 0.3) is 0 Å². The third-order valence-electron chi connectivity index (χ3n) is 4.33. The largest absolute Gasteiger partial charge is 0.501 e. The summed E-state index contributed by atoms with van der Waals surface area (Å²) in [6.45, 7) is 5.39. The molecule has 0 radical (unpaired) electrons. The van der Waals surface area contributed by atoms with Crippen molar-refractivity contribution in [3.05, 3.63) is 11.8 Å². The standard InChI is InChI=1S/C14H24O2/c1-11(2)12-5-7-14(15,8-6-12)13-4-3-9-16-10-13/h10-12,15H,3-9H2,1-2H3. The van der Waals surface area contributed by atoms with Crippen molar-refractivity contribution in [2.75, 3.05) is 6.61 Å². The lowest BCUT2D eigenvalue weighted by molar-refractivity contribution is 0.00717. The Kier molecular flexibility index (Phi) is 3.58. The second kappa shape index (κ2) is 4.79. The summed E-state index contributed by atoms with van der Waals surface area (Å²) in [6, 6.07) is 0. The summed E-state index contributed by atoms with van der Waals surface area (Å²) in [5, 5.41) is 10.6. The minimum atomic E-state index is -0.550. The van der Waals surface area contributed by atoms with Gasteiger partial charge in [-0.25, -0.2) is 0 Å². The highest BCUT2D eigenvalue weighted by Gasteiger charge is 2.37. The molecule has 2 aliphatic rings. The van der Waals surface area contributed by atoms with Crippen molar-refractivity contribution < 1.29 is 9.84 Å². The maximum atomic E-state index is 10.6. The molecule has 1 aliphatic carbocycles. The number of ether oxygens (including phenoxy) is 1. The van der Waals surface area contributed by atoms with Crippen molar-refractivity contribution in [2.24, 2.45) is 11.8 Å². The zero-order valence-corrected chi connectivity index (χ0v) is 10.5. The van der Waals surface area contributed by atoms with E-state index in [2.05, 4.69) is 13.8 Å². The van der Waals surface area contributed by atoms with Crippen molar-refractivity contribution in [2.45, 2.75) is 58.0 Å². The second-order valence-electron chi connectivity index (χ2n) is 5.73. The lowest BCUT2D eigenvalue weighted by atomic mass is 9.71. The SMILES string of the molecule is CC(C)C1CCC(O)(C2=COCCC2)CC1. The van der Waals surface area contributed by atoms with Gasteiger partial charge in [0.2, 0.25) is 0 Å². The first-order valence-corrected chi connectivity index (χ1v) is 6.65. The molecule has 0 aromatic heterocycles. The quantitative estimate of drug-likeness (QED) is 0.780. The summed E-state index contributed by atoms with van der Waals surface area (Å²) < 4.78 is 5.35. The molecule has 1 fully saturated rings.